The zero-order chi connectivity index (χ0) is 12.1. The van der Waals surface area contributed by atoms with Gasteiger partial charge in [-0.05, 0) is 26.1 Å². The molecule has 86 valence electrons. The van der Waals surface area contributed by atoms with Gasteiger partial charge in [0.15, 0.2) is 5.11 Å². The van der Waals surface area contributed by atoms with Crippen molar-refractivity contribution in [3.63, 3.8) is 0 Å². The van der Waals surface area contributed by atoms with Crippen LogP contribution in [0.3, 0.4) is 0 Å². The number of nitrogens with zero attached hydrogens (tertiary/aromatic N) is 2. The van der Waals surface area contributed by atoms with E-state index in [0.717, 1.165) is 0 Å². The number of anilines is 1. The van der Waals surface area contributed by atoms with Gasteiger partial charge in [-0.2, -0.15) is 0 Å². The van der Waals surface area contributed by atoms with Crippen LogP contribution in [-0.4, -0.2) is 27.7 Å². The molecule has 3 N–H and O–H groups in total. The van der Waals surface area contributed by atoms with Crippen LogP contribution in [0.1, 0.15) is 23.0 Å². The smallest absolute Gasteiger partial charge is 0.341 e. The first-order chi connectivity index (χ1) is 7.54. The Morgan fingerprint density at radius 1 is 1.69 bits per heavy atom. The Morgan fingerprint density at radius 3 is 2.88 bits per heavy atom. The topological polar surface area (TPSA) is 90.1 Å². The van der Waals surface area contributed by atoms with Crippen LogP contribution >= 0.6 is 12.2 Å². The predicted molar refractivity (Wildman–Crippen MR) is 63.1 cm³/mol. The highest BCUT2D eigenvalue weighted by Crippen LogP contribution is 2.08. The van der Waals surface area contributed by atoms with Crippen molar-refractivity contribution in [2.45, 2.75) is 13.8 Å². The second-order valence-corrected chi connectivity index (χ2v) is 3.34. The number of aryl methyl sites for hydroxylation is 1. The van der Waals surface area contributed by atoms with Gasteiger partial charge in [-0.1, -0.05) is 0 Å². The molecule has 0 amide bonds. The van der Waals surface area contributed by atoms with E-state index >= 15 is 0 Å². The predicted octanol–water partition coefficient (Wildman–Crippen LogP) is 0.617. The molecule has 0 saturated heterocycles. The molecular weight excluding hydrogens is 228 g/mol. The zero-order valence-electron chi connectivity index (χ0n) is 8.98. The number of carbonyl (C=O) groups is 1. The summed E-state index contributed by atoms with van der Waals surface area (Å²) in [7, 11) is 0. The van der Waals surface area contributed by atoms with E-state index in [4.69, 9.17) is 10.5 Å². The Morgan fingerprint density at radius 2 is 2.38 bits per heavy atom. The van der Waals surface area contributed by atoms with Crippen molar-refractivity contribution in [1.82, 2.24) is 9.97 Å². The second-order valence-electron chi connectivity index (χ2n) is 2.90. The van der Waals surface area contributed by atoms with E-state index < -0.39 is 5.97 Å². The summed E-state index contributed by atoms with van der Waals surface area (Å²) in [6, 6.07) is 0. The van der Waals surface area contributed by atoms with E-state index in [-0.39, 0.29) is 11.1 Å². The molecule has 0 bridgehead atoms. The van der Waals surface area contributed by atoms with Gasteiger partial charge in [0.2, 0.25) is 5.95 Å². The first-order valence-corrected chi connectivity index (χ1v) is 5.02. The second kappa shape index (κ2) is 5.36. The highest BCUT2D eigenvalue weighted by atomic mass is 32.1. The number of nitrogens with two attached hydrogens (primary N) is 1. The van der Waals surface area contributed by atoms with Crippen LogP contribution in [0, 0.1) is 6.92 Å². The molecule has 1 aromatic rings. The van der Waals surface area contributed by atoms with Gasteiger partial charge < -0.3 is 15.8 Å². The third-order valence-corrected chi connectivity index (χ3v) is 1.81. The van der Waals surface area contributed by atoms with Gasteiger partial charge in [0.25, 0.3) is 0 Å². The lowest BCUT2D eigenvalue weighted by atomic mass is 10.2. The van der Waals surface area contributed by atoms with Crippen LogP contribution in [0.5, 0.6) is 0 Å². The maximum Gasteiger partial charge on any atom is 0.341 e. The molecule has 1 heterocycles. The number of nitrogens with one attached hydrogen (secondary N) is 1. The van der Waals surface area contributed by atoms with Crippen LogP contribution in [0.4, 0.5) is 5.95 Å². The fraction of sp³-hybridized carbons (Fsp3) is 0.333. The molecule has 7 heteroatoms. The molecule has 0 saturated carbocycles. The summed E-state index contributed by atoms with van der Waals surface area (Å²) < 4.78 is 4.84. The number of thiocarbonyl (C=S) groups is 1. The first kappa shape index (κ1) is 12.3. The molecule has 0 spiro atoms. The monoisotopic (exact) mass is 240 g/mol. The van der Waals surface area contributed by atoms with Gasteiger partial charge >= 0.3 is 5.97 Å². The van der Waals surface area contributed by atoms with Gasteiger partial charge in [-0.3, -0.25) is 0 Å². The molecule has 16 heavy (non-hydrogen) atoms. The molecule has 0 aliphatic rings. The maximum atomic E-state index is 11.4. The van der Waals surface area contributed by atoms with E-state index in [0.29, 0.717) is 17.9 Å². The first-order valence-electron chi connectivity index (χ1n) is 4.61. The van der Waals surface area contributed by atoms with Crippen molar-refractivity contribution < 1.29 is 9.53 Å². The third-order valence-electron chi connectivity index (χ3n) is 1.71. The molecule has 1 rings (SSSR count). The average molecular weight is 240 g/mol. The lowest BCUT2D eigenvalue weighted by Crippen LogP contribution is -2.21. The SMILES string of the molecule is CCOC(=O)c1cnc(NC(N)=S)nc1C. The molecular formula is C9H12N4O2S. The summed E-state index contributed by atoms with van der Waals surface area (Å²) in [5, 5.41) is 2.65. The van der Waals surface area contributed by atoms with Crippen molar-refractivity contribution in [1.29, 1.82) is 0 Å². The Bertz CT molecular complexity index is 422. The lowest BCUT2D eigenvalue weighted by Gasteiger charge is -2.06. The zero-order valence-corrected chi connectivity index (χ0v) is 9.80. The van der Waals surface area contributed by atoms with Crippen molar-refractivity contribution in [2.24, 2.45) is 5.73 Å². The molecule has 0 aliphatic carbocycles. The van der Waals surface area contributed by atoms with Gasteiger partial charge in [0.1, 0.15) is 0 Å². The van der Waals surface area contributed by atoms with E-state index in [9.17, 15) is 4.79 Å². The minimum atomic E-state index is -0.443. The Hall–Kier alpha value is -1.76. The summed E-state index contributed by atoms with van der Waals surface area (Å²) in [4.78, 5) is 19.3. The van der Waals surface area contributed by atoms with E-state index in [1.165, 1.54) is 6.20 Å². The molecule has 0 radical (unpaired) electrons. The standard InChI is InChI=1S/C9H12N4O2S/c1-3-15-7(14)6-4-11-9(12-5(6)2)13-8(10)16/h4H,3H2,1-2H3,(H3,10,11,12,13,16). The normalized spacial score (nSPS) is 9.62. The van der Waals surface area contributed by atoms with Gasteiger partial charge in [-0.25, -0.2) is 14.8 Å². The Kier molecular flexibility index (Phi) is 4.12. The van der Waals surface area contributed by atoms with Crippen molar-refractivity contribution in [2.75, 3.05) is 11.9 Å². The molecule has 0 aromatic carbocycles. The molecule has 6 nitrogen and oxygen atoms in total. The van der Waals surface area contributed by atoms with Crippen molar-refractivity contribution >= 4 is 29.2 Å². The third kappa shape index (κ3) is 3.13. The number of aromatic nitrogens is 2. The average Bonchev–Trinajstić information content (AvgIpc) is 2.16. The van der Waals surface area contributed by atoms with E-state index in [1.54, 1.807) is 13.8 Å². The van der Waals surface area contributed by atoms with Crippen molar-refractivity contribution in [3.8, 4) is 0 Å². The van der Waals surface area contributed by atoms with Crippen molar-refractivity contribution in [3.05, 3.63) is 17.5 Å². The fourth-order valence-electron chi connectivity index (χ4n) is 1.05. The summed E-state index contributed by atoms with van der Waals surface area (Å²) in [5.41, 5.74) is 6.10. The quantitative estimate of drug-likeness (QED) is 0.591. The largest absolute Gasteiger partial charge is 0.462 e. The lowest BCUT2D eigenvalue weighted by molar-refractivity contribution is 0.0524. The van der Waals surface area contributed by atoms with Gasteiger partial charge in [0.05, 0.1) is 17.9 Å². The summed E-state index contributed by atoms with van der Waals surface area (Å²) in [6.45, 7) is 3.72. The molecule has 0 fully saturated rings. The minimum absolute atomic E-state index is 0.0725. The number of rotatable bonds is 3. The Balaban J connectivity index is 2.91. The van der Waals surface area contributed by atoms with E-state index in [2.05, 4.69) is 27.5 Å². The van der Waals surface area contributed by atoms with Gasteiger partial charge in [0, 0.05) is 6.20 Å². The van der Waals surface area contributed by atoms with Crippen LogP contribution in [-0.2, 0) is 4.74 Å². The summed E-state index contributed by atoms with van der Waals surface area (Å²) in [5.74, 6) is -0.181. The number of hydrogen-bond donors (Lipinski definition) is 2. The molecule has 0 unspecified atom stereocenters. The molecule has 1 aromatic heterocycles. The summed E-state index contributed by atoms with van der Waals surface area (Å²) >= 11 is 4.64. The number of esters is 1. The van der Waals surface area contributed by atoms with Gasteiger partial charge in [-0.15, -0.1) is 0 Å². The van der Waals surface area contributed by atoms with Crippen LogP contribution in [0.25, 0.3) is 0 Å². The van der Waals surface area contributed by atoms with Crippen LogP contribution < -0.4 is 11.1 Å². The maximum absolute atomic E-state index is 11.4. The highest BCUT2D eigenvalue weighted by molar-refractivity contribution is 7.80. The van der Waals surface area contributed by atoms with Crippen LogP contribution in [0.2, 0.25) is 0 Å². The molecule has 0 aliphatic heterocycles. The summed E-state index contributed by atoms with van der Waals surface area (Å²) in [6.07, 6.45) is 1.38. The Labute approximate surface area is 98.2 Å². The number of ether oxygens (including phenoxy) is 1. The fourth-order valence-corrected chi connectivity index (χ4v) is 1.14. The van der Waals surface area contributed by atoms with Crippen LogP contribution in [0.15, 0.2) is 6.20 Å². The number of carbonyl (C=O) groups excluding carboxylic acids is 1. The molecule has 0 atom stereocenters. The highest BCUT2D eigenvalue weighted by Gasteiger charge is 2.12. The van der Waals surface area contributed by atoms with E-state index in [1.807, 2.05) is 0 Å². The minimum Gasteiger partial charge on any atom is -0.462 e. The number of hydrogen-bond acceptors (Lipinski definition) is 5.